The van der Waals surface area contributed by atoms with Crippen LogP contribution in [0, 0.1) is 0 Å². The van der Waals surface area contributed by atoms with Gasteiger partial charge in [0.25, 0.3) is 0 Å². The van der Waals surface area contributed by atoms with Crippen LogP contribution in [-0.2, 0) is 13.2 Å². The third kappa shape index (κ3) is 6.36. The molecule has 0 saturated heterocycles. The van der Waals surface area contributed by atoms with Crippen molar-refractivity contribution in [1.82, 2.24) is 10.2 Å². The molecule has 4 nitrogen and oxygen atoms in total. The van der Waals surface area contributed by atoms with E-state index in [4.69, 9.17) is 32.7 Å². The summed E-state index contributed by atoms with van der Waals surface area (Å²) in [6.45, 7) is 5.39. The smallest absolute Gasteiger partial charge is 0.163 e. The van der Waals surface area contributed by atoms with Crippen molar-refractivity contribution in [2.75, 3.05) is 33.8 Å². The van der Waals surface area contributed by atoms with Crippen molar-refractivity contribution in [2.24, 2.45) is 0 Å². The molecule has 0 aliphatic heterocycles. The standard InChI is InChI=1S/C20H26Cl2N2O2/c1-4-25-19-11-16(13-23-9-10-24(2)3)18(22)12-20(19)26-14-15-7-5-6-8-17(15)21/h5-8,11-12,23H,4,9-10,13-14H2,1-3H3. The number of rotatable bonds is 10. The Balaban J connectivity index is 2.08. The van der Waals surface area contributed by atoms with Crippen molar-refractivity contribution in [2.45, 2.75) is 20.1 Å². The predicted molar refractivity (Wildman–Crippen MR) is 109 cm³/mol. The number of hydrogen-bond acceptors (Lipinski definition) is 4. The minimum atomic E-state index is 0.358. The van der Waals surface area contributed by atoms with Crippen molar-refractivity contribution in [3.05, 3.63) is 57.6 Å². The van der Waals surface area contributed by atoms with E-state index in [0.29, 0.717) is 41.3 Å². The molecule has 0 aliphatic carbocycles. The molecule has 0 aliphatic rings. The van der Waals surface area contributed by atoms with Crippen LogP contribution in [0.25, 0.3) is 0 Å². The SMILES string of the molecule is CCOc1cc(CNCCN(C)C)c(Cl)cc1OCc1ccccc1Cl. The highest BCUT2D eigenvalue weighted by atomic mass is 35.5. The van der Waals surface area contributed by atoms with Crippen LogP contribution in [0.4, 0.5) is 0 Å². The summed E-state index contributed by atoms with van der Waals surface area (Å²) < 4.78 is 11.7. The first-order chi connectivity index (χ1) is 12.5. The van der Waals surface area contributed by atoms with E-state index in [-0.39, 0.29) is 0 Å². The second-order valence-corrected chi connectivity index (χ2v) is 7.00. The highest BCUT2D eigenvalue weighted by Crippen LogP contribution is 2.34. The number of hydrogen-bond donors (Lipinski definition) is 1. The number of nitrogens with zero attached hydrogens (tertiary/aromatic N) is 1. The van der Waals surface area contributed by atoms with Gasteiger partial charge >= 0.3 is 0 Å². The molecule has 26 heavy (non-hydrogen) atoms. The van der Waals surface area contributed by atoms with Gasteiger partial charge in [0.05, 0.1) is 6.61 Å². The van der Waals surface area contributed by atoms with E-state index in [0.717, 1.165) is 24.2 Å². The summed E-state index contributed by atoms with van der Waals surface area (Å²) in [5.74, 6) is 1.31. The first-order valence-corrected chi connectivity index (χ1v) is 9.43. The molecule has 0 spiro atoms. The molecule has 0 unspecified atom stereocenters. The fraction of sp³-hybridized carbons (Fsp3) is 0.400. The fourth-order valence-electron chi connectivity index (χ4n) is 2.39. The third-order valence-electron chi connectivity index (χ3n) is 3.80. The van der Waals surface area contributed by atoms with Gasteiger partial charge < -0.3 is 19.7 Å². The third-order valence-corrected chi connectivity index (χ3v) is 4.53. The van der Waals surface area contributed by atoms with Crippen molar-refractivity contribution >= 4 is 23.2 Å². The van der Waals surface area contributed by atoms with Gasteiger partial charge in [0.1, 0.15) is 6.61 Å². The molecule has 2 rings (SSSR count). The van der Waals surface area contributed by atoms with Gasteiger partial charge in [-0.15, -0.1) is 0 Å². The van der Waals surface area contributed by atoms with Crippen LogP contribution < -0.4 is 14.8 Å². The zero-order valence-corrected chi connectivity index (χ0v) is 17.0. The summed E-state index contributed by atoms with van der Waals surface area (Å²) in [7, 11) is 4.10. The highest BCUT2D eigenvalue weighted by molar-refractivity contribution is 6.31. The first kappa shape index (κ1) is 20.8. The topological polar surface area (TPSA) is 33.7 Å². The van der Waals surface area contributed by atoms with Crippen molar-refractivity contribution < 1.29 is 9.47 Å². The molecule has 1 N–H and O–H groups in total. The Bertz CT molecular complexity index is 708. The molecule has 2 aromatic carbocycles. The van der Waals surface area contributed by atoms with Crippen LogP contribution >= 0.6 is 23.2 Å². The summed E-state index contributed by atoms with van der Waals surface area (Å²) in [6, 6.07) is 11.4. The molecule has 0 fully saturated rings. The maximum Gasteiger partial charge on any atom is 0.163 e. The maximum absolute atomic E-state index is 6.44. The zero-order valence-electron chi connectivity index (χ0n) is 15.5. The van der Waals surface area contributed by atoms with E-state index >= 15 is 0 Å². The lowest BCUT2D eigenvalue weighted by Gasteiger charge is -2.16. The van der Waals surface area contributed by atoms with Gasteiger partial charge in [0.15, 0.2) is 11.5 Å². The molecular formula is C20H26Cl2N2O2. The lowest BCUT2D eigenvalue weighted by atomic mass is 10.2. The zero-order chi connectivity index (χ0) is 18.9. The van der Waals surface area contributed by atoms with Gasteiger partial charge in [-0.1, -0.05) is 41.4 Å². The molecule has 0 atom stereocenters. The fourth-order valence-corrected chi connectivity index (χ4v) is 2.80. The van der Waals surface area contributed by atoms with Crippen LogP contribution in [-0.4, -0.2) is 38.7 Å². The van der Waals surface area contributed by atoms with Gasteiger partial charge in [-0.3, -0.25) is 0 Å². The van der Waals surface area contributed by atoms with Crippen molar-refractivity contribution in [3.63, 3.8) is 0 Å². The van der Waals surface area contributed by atoms with Crippen LogP contribution in [0.1, 0.15) is 18.1 Å². The molecule has 0 aromatic heterocycles. The highest BCUT2D eigenvalue weighted by Gasteiger charge is 2.12. The number of nitrogens with one attached hydrogen (secondary N) is 1. The minimum Gasteiger partial charge on any atom is -0.490 e. The van der Waals surface area contributed by atoms with E-state index in [9.17, 15) is 0 Å². The van der Waals surface area contributed by atoms with Crippen LogP contribution in [0.3, 0.4) is 0 Å². The monoisotopic (exact) mass is 396 g/mol. The lowest BCUT2D eigenvalue weighted by Crippen LogP contribution is -2.26. The largest absolute Gasteiger partial charge is 0.490 e. The van der Waals surface area contributed by atoms with Gasteiger partial charge in [-0.25, -0.2) is 0 Å². The number of halogens is 2. The second-order valence-electron chi connectivity index (χ2n) is 6.18. The molecular weight excluding hydrogens is 371 g/mol. The Hall–Kier alpha value is -1.46. The first-order valence-electron chi connectivity index (χ1n) is 8.68. The Morgan fingerprint density at radius 2 is 1.69 bits per heavy atom. The summed E-state index contributed by atoms with van der Waals surface area (Å²) in [4.78, 5) is 2.13. The minimum absolute atomic E-state index is 0.358. The number of likely N-dealkylation sites (N-methyl/N-ethyl adjacent to an activating group) is 1. The molecule has 0 amide bonds. The van der Waals surface area contributed by atoms with Crippen molar-refractivity contribution in [1.29, 1.82) is 0 Å². The normalized spacial score (nSPS) is 11.0. The molecule has 2 aromatic rings. The predicted octanol–water partition coefficient (Wildman–Crippen LogP) is 4.62. The molecule has 0 saturated carbocycles. The Morgan fingerprint density at radius 1 is 0.962 bits per heavy atom. The maximum atomic E-state index is 6.44. The lowest BCUT2D eigenvalue weighted by molar-refractivity contribution is 0.269. The summed E-state index contributed by atoms with van der Waals surface area (Å²) in [5, 5.41) is 4.72. The Morgan fingerprint density at radius 3 is 2.38 bits per heavy atom. The summed E-state index contributed by atoms with van der Waals surface area (Å²) in [6.07, 6.45) is 0. The van der Waals surface area contributed by atoms with Gasteiger partial charge in [0, 0.05) is 41.3 Å². The molecule has 0 radical (unpaired) electrons. The average molecular weight is 397 g/mol. The second kappa shape index (κ2) is 10.6. The van der Waals surface area contributed by atoms with E-state index in [1.54, 1.807) is 0 Å². The van der Waals surface area contributed by atoms with Gasteiger partial charge in [-0.05, 0) is 38.7 Å². The summed E-state index contributed by atoms with van der Waals surface area (Å²) in [5.41, 5.74) is 1.90. The van der Waals surface area contributed by atoms with E-state index in [1.165, 1.54) is 0 Å². The molecule has 6 heteroatoms. The van der Waals surface area contributed by atoms with Gasteiger partial charge in [0.2, 0.25) is 0 Å². The van der Waals surface area contributed by atoms with Crippen LogP contribution in [0.5, 0.6) is 11.5 Å². The summed E-state index contributed by atoms with van der Waals surface area (Å²) >= 11 is 12.6. The quantitative estimate of drug-likeness (QED) is 0.593. The van der Waals surface area contributed by atoms with Crippen LogP contribution in [0.2, 0.25) is 10.0 Å². The average Bonchev–Trinajstić information content (AvgIpc) is 2.60. The number of benzene rings is 2. The molecule has 0 heterocycles. The Kier molecular flexibility index (Phi) is 8.52. The van der Waals surface area contributed by atoms with E-state index < -0.39 is 0 Å². The van der Waals surface area contributed by atoms with Crippen molar-refractivity contribution in [3.8, 4) is 11.5 Å². The Labute approximate surface area is 166 Å². The van der Waals surface area contributed by atoms with Crippen LogP contribution in [0.15, 0.2) is 36.4 Å². The number of ether oxygens (including phenoxy) is 2. The molecule has 142 valence electrons. The van der Waals surface area contributed by atoms with E-state index in [1.807, 2.05) is 57.4 Å². The van der Waals surface area contributed by atoms with Gasteiger partial charge in [-0.2, -0.15) is 0 Å². The van der Waals surface area contributed by atoms with E-state index in [2.05, 4.69) is 10.2 Å². The molecule has 0 bridgehead atoms.